The Balaban J connectivity index is 4.34. The number of carbonyl (C=O) groups excluding carboxylic acids is 2. The van der Waals surface area contributed by atoms with E-state index in [0.717, 1.165) is 0 Å². The zero-order chi connectivity index (χ0) is 13.3. The Kier molecular flexibility index (Phi) is 7.58. The molecule has 0 aliphatic heterocycles. The predicted molar refractivity (Wildman–Crippen MR) is 64.1 cm³/mol. The lowest BCUT2D eigenvalue weighted by Gasteiger charge is -2.00. The van der Waals surface area contributed by atoms with E-state index < -0.39 is 5.97 Å². The fraction of sp³-hybridized carbons (Fsp3) is 0.636. The van der Waals surface area contributed by atoms with Crippen molar-refractivity contribution in [3.63, 3.8) is 0 Å². The number of rotatable bonds is 6. The minimum atomic E-state index is -0.514. The quantitative estimate of drug-likeness (QED) is 0.400. The van der Waals surface area contributed by atoms with Gasteiger partial charge in [0.05, 0.1) is 19.6 Å². The molecule has 0 heterocycles. The fourth-order valence-electron chi connectivity index (χ4n) is 0.893. The summed E-state index contributed by atoms with van der Waals surface area (Å²) in [5.41, 5.74) is 0.627. The molecule has 17 heavy (non-hydrogen) atoms. The monoisotopic (exact) mass is 242 g/mol. The van der Waals surface area contributed by atoms with Crippen molar-refractivity contribution >= 4 is 23.4 Å². The van der Waals surface area contributed by atoms with Crippen molar-refractivity contribution in [1.82, 2.24) is 0 Å². The molecule has 0 aromatic carbocycles. The van der Waals surface area contributed by atoms with Crippen LogP contribution in [0.1, 0.15) is 34.1 Å². The Morgan fingerprint density at radius 3 is 2.12 bits per heavy atom. The van der Waals surface area contributed by atoms with Gasteiger partial charge in [0, 0.05) is 5.71 Å². The van der Waals surface area contributed by atoms with Crippen molar-refractivity contribution in [3.05, 3.63) is 0 Å². The van der Waals surface area contributed by atoms with E-state index in [9.17, 15) is 9.59 Å². The summed E-state index contributed by atoms with van der Waals surface area (Å²) in [7, 11) is 0. The third kappa shape index (κ3) is 7.21. The van der Waals surface area contributed by atoms with Gasteiger partial charge in [-0.25, -0.2) is 4.79 Å². The third-order valence-corrected chi connectivity index (χ3v) is 1.65. The van der Waals surface area contributed by atoms with Gasteiger partial charge in [-0.3, -0.25) is 4.79 Å². The van der Waals surface area contributed by atoms with Gasteiger partial charge in [-0.2, -0.15) is 5.10 Å². The first-order valence-electron chi connectivity index (χ1n) is 5.41. The van der Waals surface area contributed by atoms with Crippen LogP contribution in [0.2, 0.25) is 0 Å². The molecule has 0 saturated carbocycles. The molecule has 0 bridgehead atoms. The van der Waals surface area contributed by atoms with E-state index in [4.69, 9.17) is 9.47 Å². The molecule has 0 aromatic rings. The fourth-order valence-corrected chi connectivity index (χ4v) is 0.893. The molecule has 0 aromatic heterocycles. The maximum absolute atomic E-state index is 11.2. The van der Waals surface area contributed by atoms with Crippen molar-refractivity contribution in [2.75, 3.05) is 13.2 Å². The second kappa shape index (κ2) is 8.43. The maximum atomic E-state index is 11.2. The van der Waals surface area contributed by atoms with Crippen LogP contribution in [0.4, 0.5) is 0 Å². The Morgan fingerprint density at radius 1 is 1.00 bits per heavy atom. The van der Waals surface area contributed by atoms with Gasteiger partial charge in [0.1, 0.15) is 5.71 Å². The van der Waals surface area contributed by atoms with Gasteiger partial charge in [-0.05, 0) is 27.7 Å². The van der Waals surface area contributed by atoms with E-state index in [2.05, 4.69) is 10.2 Å². The van der Waals surface area contributed by atoms with E-state index in [1.54, 1.807) is 20.8 Å². The average molecular weight is 242 g/mol. The van der Waals surface area contributed by atoms with Gasteiger partial charge in [0.2, 0.25) is 0 Å². The van der Waals surface area contributed by atoms with E-state index >= 15 is 0 Å². The number of hydrogen-bond acceptors (Lipinski definition) is 6. The van der Waals surface area contributed by atoms with Crippen LogP contribution < -0.4 is 0 Å². The van der Waals surface area contributed by atoms with Gasteiger partial charge in [0.15, 0.2) is 0 Å². The molecule has 0 spiro atoms. The van der Waals surface area contributed by atoms with E-state index in [1.165, 1.54) is 6.92 Å². The SMILES string of the molecule is CCOC(=O)C/C(C)=N\N=C(/C)C(=O)OCC. The van der Waals surface area contributed by atoms with Crippen LogP contribution in [-0.4, -0.2) is 36.6 Å². The Labute approximate surface area is 101 Å². The van der Waals surface area contributed by atoms with Gasteiger partial charge < -0.3 is 9.47 Å². The number of esters is 2. The van der Waals surface area contributed by atoms with Crippen LogP contribution in [-0.2, 0) is 19.1 Å². The second-order valence-electron chi connectivity index (χ2n) is 3.22. The number of nitrogens with zero attached hydrogens (tertiary/aromatic N) is 2. The normalized spacial score (nSPS) is 12.2. The average Bonchev–Trinajstić information content (AvgIpc) is 2.26. The van der Waals surface area contributed by atoms with Crippen LogP contribution >= 0.6 is 0 Å². The summed E-state index contributed by atoms with van der Waals surface area (Å²) in [5.74, 6) is -0.877. The minimum Gasteiger partial charge on any atom is -0.466 e. The Morgan fingerprint density at radius 2 is 1.59 bits per heavy atom. The first kappa shape index (κ1) is 15.3. The molecule has 0 atom stereocenters. The first-order valence-corrected chi connectivity index (χ1v) is 5.41. The van der Waals surface area contributed by atoms with Crippen molar-refractivity contribution in [3.8, 4) is 0 Å². The minimum absolute atomic E-state index is 0.0629. The summed E-state index contributed by atoms with van der Waals surface area (Å²) in [6.07, 6.45) is 0.0629. The number of carbonyl (C=O) groups is 2. The molecule has 6 heteroatoms. The Hall–Kier alpha value is -1.72. The van der Waals surface area contributed by atoms with Crippen molar-refractivity contribution in [2.24, 2.45) is 10.2 Å². The first-order chi connectivity index (χ1) is 8.01. The summed E-state index contributed by atoms with van der Waals surface area (Å²) >= 11 is 0. The van der Waals surface area contributed by atoms with Crippen LogP contribution in [0.15, 0.2) is 10.2 Å². The molecule has 96 valence electrons. The summed E-state index contributed by atoms with van der Waals surface area (Å²) in [6.45, 7) is 7.19. The third-order valence-electron chi connectivity index (χ3n) is 1.65. The van der Waals surface area contributed by atoms with E-state index in [0.29, 0.717) is 12.3 Å². The van der Waals surface area contributed by atoms with Gasteiger partial charge in [0.25, 0.3) is 0 Å². The lowest BCUT2D eigenvalue weighted by Crippen LogP contribution is -2.14. The lowest BCUT2D eigenvalue weighted by molar-refractivity contribution is -0.141. The van der Waals surface area contributed by atoms with E-state index in [1.807, 2.05) is 0 Å². The topological polar surface area (TPSA) is 77.3 Å². The molecule has 0 aliphatic rings. The highest BCUT2D eigenvalue weighted by molar-refractivity contribution is 6.35. The molecule has 0 unspecified atom stereocenters. The summed E-state index contributed by atoms with van der Waals surface area (Å²) < 4.78 is 9.47. The standard InChI is InChI=1S/C11H18N2O4/c1-5-16-10(14)7-8(3)12-13-9(4)11(15)17-6-2/h5-7H2,1-4H3/b12-8-,13-9+. The van der Waals surface area contributed by atoms with Gasteiger partial charge >= 0.3 is 11.9 Å². The van der Waals surface area contributed by atoms with Crippen molar-refractivity contribution in [1.29, 1.82) is 0 Å². The molecule has 0 rings (SSSR count). The molecule has 0 aliphatic carbocycles. The molecule has 0 saturated heterocycles. The molecule has 0 amide bonds. The molecular weight excluding hydrogens is 224 g/mol. The van der Waals surface area contributed by atoms with Gasteiger partial charge in [-0.1, -0.05) is 0 Å². The highest BCUT2D eigenvalue weighted by Gasteiger charge is 2.07. The number of ether oxygens (including phenoxy) is 2. The zero-order valence-electron chi connectivity index (χ0n) is 10.6. The van der Waals surface area contributed by atoms with Crippen LogP contribution in [0, 0.1) is 0 Å². The molecule has 0 N–H and O–H groups in total. The van der Waals surface area contributed by atoms with Crippen molar-refractivity contribution < 1.29 is 19.1 Å². The van der Waals surface area contributed by atoms with Crippen molar-refractivity contribution in [2.45, 2.75) is 34.1 Å². The summed E-state index contributed by atoms with van der Waals surface area (Å²) in [5, 5.41) is 7.43. The van der Waals surface area contributed by atoms with Crippen LogP contribution in [0.5, 0.6) is 0 Å². The second-order valence-corrected chi connectivity index (χ2v) is 3.22. The maximum Gasteiger partial charge on any atom is 0.354 e. The molecule has 0 radical (unpaired) electrons. The predicted octanol–water partition coefficient (Wildman–Crippen LogP) is 1.34. The largest absolute Gasteiger partial charge is 0.466 e. The summed E-state index contributed by atoms with van der Waals surface area (Å²) in [4.78, 5) is 22.3. The highest BCUT2D eigenvalue weighted by atomic mass is 16.5. The zero-order valence-corrected chi connectivity index (χ0v) is 10.6. The molecule has 0 fully saturated rings. The Bertz CT molecular complexity index is 334. The lowest BCUT2D eigenvalue weighted by atomic mass is 10.3. The smallest absolute Gasteiger partial charge is 0.354 e. The molecule has 6 nitrogen and oxygen atoms in total. The number of hydrogen-bond donors (Lipinski definition) is 0. The van der Waals surface area contributed by atoms with E-state index in [-0.39, 0.29) is 24.7 Å². The molecular formula is C11H18N2O4. The van der Waals surface area contributed by atoms with Crippen LogP contribution in [0.3, 0.4) is 0 Å². The van der Waals surface area contributed by atoms with Crippen LogP contribution in [0.25, 0.3) is 0 Å². The van der Waals surface area contributed by atoms with Gasteiger partial charge in [-0.15, -0.1) is 5.10 Å². The highest BCUT2D eigenvalue weighted by Crippen LogP contribution is 1.93. The summed E-state index contributed by atoms with van der Waals surface area (Å²) in [6, 6.07) is 0.